The maximum atomic E-state index is 10.8. The van der Waals surface area contributed by atoms with Gasteiger partial charge in [-0.2, -0.15) is 0 Å². The van der Waals surface area contributed by atoms with E-state index in [0.717, 1.165) is 13.0 Å². The van der Waals surface area contributed by atoms with Crippen molar-refractivity contribution in [3.8, 4) is 0 Å². The molecule has 0 aliphatic carbocycles. The molecule has 4 nitrogen and oxygen atoms in total. The zero-order valence-corrected chi connectivity index (χ0v) is 9.73. The first-order chi connectivity index (χ1) is 6.84. The predicted molar refractivity (Wildman–Crippen MR) is 57.7 cm³/mol. The fraction of sp³-hybridized carbons (Fsp3) is 0.909. The summed E-state index contributed by atoms with van der Waals surface area (Å²) in [6, 6.07) is 0.351. The predicted octanol–water partition coefficient (Wildman–Crippen LogP) is 0.942. The Morgan fingerprint density at radius 3 is 2.67 bits per heavy atom. The molecular formula is C11H21NO3. The van der Waals surface area contributed by atoms with Crippen molar-refractivity contribution < 1.29 is 15.0 Å². The van der Waals surface area contributed by atoms with Gasteiger partial charge in [-0.1, -0.05) is 6.92 Å². The Kier molecular flexibility index (Phi) is 3.73. The van der Waals surface area contributed by atoms with Crippen molar-refractivity contribution in [2.45, 2.75) is 45.3 Å². The number of carbonyl (C=O) groups is 1. The third-order valence-corrected chi connectivity index (χ3v) is 3.48. The fourth-order valence-electron chi connectivity index (χ4n) is 2.11. The minimum absolute atomic E-state index is 0.216. The van der Waals surface area contributed by atoms with E-state index in [2.05, 4.69) is 18.7 Å². The van der Waals surface area contributed by atoms with Crippen molar-refractivity contribution in [1.82, 2.24) is 4.90 Å². The number of likely N-dealkylation sites (tertiary alicyclic amines) is 1. The Labute approximate surface area is 90.9 Å². The minimum Gasteiger partial charge on any atom is -0.479 e. The summed E-state index contributed by atoms with van der Waals surface area (Å²) >= 11 is 0. The smallest absolute Gasteiger partial charge is 0.336 e. The number of β-amino-alcohol motifs (C(OH)–C–C–N with tert-alkyl or cyclic N) is 1. The van der Waals surface area contributed by atoms with Crippen LogP contribution in [0.5, 0.6) is 0 Å². The third-order valence-electron chi connectivity index (χ3n) is 3.48. The lowest BCUT2D eigenvalue weighted by atomic mass is 9.91. The van der Waals surface area contributed by atoms with E-state index >= 15 is 0 Å². The number of rotatable bonds is 3. The van der Waals surface area contributed by atoms with Crippen LogP contribution in [0.1, 0.15) is 33.6 Å². The second kappa shape index (κ2) is 4.49. The van der Waals surface area contributed by atoms with Gasteiger partial charge < -0.3 is 10.2 Å². The SMILES string of the molecule is CC1CCCN(CC(C)(O)C(=O)O)C1C. The highest BCUT2D eigenvalue weighted by molar-refractivity contribution is 5.76. The van der Waals surface area contributed by atoms with Crippen LogP contribution in [0.25, 0.3) is 0 Å². The van der Waals surface area contributed by atoms with Crippen LogP contribution in [0, 0.1) is 5.92 Å². The van der Waals surface area contributed by atoms with Gasteiger partial charge in [0.2, 0.25) is 0 Å². The summed E-state index contributed by atoms with van der Waals surface area (Å²) in [5, 5.41) is 18.6. The molecule has 0 spiro atoms. The molecule has 0 aromatic rings. The highest BCUT2D eigenvalue weighted by Crippen LogP contribution is 2.24. The molecule has 1 fully saturated rings. The summed E-state index contributed by atoms with van der Waals surface area (Å²) in [5.41, 5.74) is -1.63. The van der Waals surface area contributed by atoms with E-state index in [0.29, 0.717) is 12.0 Å². The number of carboxylic acids is 1. The summed E-state index contributed by atoms with van der Waals surface area (Å²) in [6.45, 7) is 6.73. The van der Waals surface area contributed by atoms with E-state index in [1.807, 2.05) is 0 Å². The number of carboxylic acid groups (broad SMARTS) is 1. The van der Waals surface area contributed by atoms with E-state index < -0.39 is 11.6 Å². The molecule has 1 aliphatic rings. The van der Waals surface area contributed by atoms with Crippen LogP contribution in [-0.4, -0.2) is 45.8 Å². The number of piperidine rings is 1. The number of aliphatic carboxylic acids is 1. The highest BCUT2D eigenvalue weighted by atomic mass is 16.4. The molecule has 0 aromatic heterocycles. The maximum absolute atomic E-state index is 10.8. The number of aliphatic hydroxyl groups is 1. The Bertz CT molecular complexity index is 240. The molecule has 3 atom stereocenters. The zero-order valence-electron chi connectivity index (χ0n) is 9.73. The second-order valence-corrected chi connectivity index (χ2v) is 4.91. The van der Waals surface area contributed by atoms with Crippen molar-refractivity contribution in [1.29, 1.82) is 0 Å². The first-order valence-electron chi connectivity index (χ1n) is 5.54. The molecule has 4 heteroatoms. The molecule has 0 amide bonds. The van der Waals surface area contributed by atoms with E-state index in [9.17, 15) is 9.90 Å². The average Bonchev–Trinajstić information content (AvgIpc) is 2.12. The molecule has 0 aromatic carbocycles. The molecule has 1 aliphatic heterocycles. The van der Waals surface area contributed by atoms with Gasteiger partial charge in [0.15, 0.2) is 5.60 Å². The molecule has 1 rings (SSSR count). The molecule has 1 heterocycles. The lowest BCUT2D eigenvalue weighted by molar-refractivity contribution is -0.159. The van der Waals surface area contributed by atoms with E-state index in [1.54, 1.807) is 0 Å². The van der Waals surface area contributed by atoms with E-state index in [1.165, 1.54) is 13.3 Å². The van der Waals surface area contributed by atoms with E-state index in [-0.39, 0.29) is 6.54 Å². The second-order valence-electron chi connectivity index (χ2n) is 4.91. The van der Waals surface area contributed by atoms with Crippen LogP contribution in [0.15, 0.2) is 0 Å². The molecule has 0 bridgehead atoms. The van der Waals surface area contributed by atoms with Crippen LogP contribution in [0.4, 0.5) is 0 Å². The summed E-state index contributed by atoms with van der Waals surface area (Å²) in [5.74, 6) is -0.573. The minimum atomic E-state index is -1.63. The molecule has 1 saturated heterocycles. The Morgan fingerprint density at radius 1 is 1.53 bits per heavy atom. The molecule has 2 N–H and O–H groups in total. The third kappa shape index (κ3) is 2.92. The molecule has 0 radical (unpaired) electrons. The van der Waals surface area contributed by atoms with Crippen LogP contribution in [-0.2, 0) is 4.79 Å². The van der Waals surface area contributed by atoms with Gasteiger partial charge in [-0.3, -0.25) is 4.90 Å². The quantitative estimate of drug-likeness (QED) is 0.735. The van der Waals surface area contributed by atoms with Gasteiger partial charge in [0, 0.05) is 12.6 Å². The first-order valence-corrected chi connectivity index (χ1v) is 5.54. The van der Waals surface area contributed by atoms with E-state index in [4.69, 9.17) is 5.11 Å². The summed E-state index contributed by atoms with van der Waals surface area (Å²) in [6.07, 6.45) is 2.27. The maximum Gasteiger partial charge on any atom is 0.336 e. The van der Waals surface area contributed by atoms with Gasteiger partial charge in [-0.25, -0.2) is 4.79 Å². The van der Waals surface area contributed by atoms with Crippen molar-refractivity contribution in [2.75, 3.05) is 13.1 Å². The normalized spacial score (nSPS) is 32.3. The van der Waals surface area contributed by atoms with Crippen LogP contribution in [0.3, 0.4) is 0 Å². The Balaban J connectivity index is 2.61. The summed E-state index contributed by atoms with van der Waals surface area (Å²) < 4.78 is 0. The van der Waals surface area contributed by atoms with Gasteiger partial charge in [-0.05, 0) is 39.2 Å². The summed E-state index contributed by atoms with van der Waals surface area (Å²) in [4.78, 5) is 12.9. The molecule has 88 valence electrons. The van der Waals surface area contributed by atoms with Gasteiger partial charge in [0.1, 0.15) is 0 Å². The van der Waals surface area contributed by atoms with Gasteiger partial charge >= 0.3 is 5.97 Å². The lowest BCUT2D eigenvalue weighted by Crippen LogP contribution is -2.52. The fourth-order valence-corrected chi connectivity index (χ4v) is 2.11. The van der Waals surface area contributed by atoms with Crippen LogP contribution >= 0.6 is 0 Å². The highest BCUT2D eigenvalue weighted by Gasteiger charge is 2.35. The topological polar surface area (TPSA) is 60.8 Å². The molecule has 3 unspecified atom stereocenters. The standard InChI is InChI=1S/C11H21NO3/c1-8-5-4-6-12(9(8)2)7-11(3,15)10(13)14/h8-9,15H,4-7H2,1-3H3,(H,13,14). The monoisotopic (exact) mass is 215 g/mol. The Hall–Kier alpha value is -0.610. The van der Waals surface area contributed by atoms with Crippen LogP contribution in [0.2, 0.25) is 0 Å². The average molecular weight is 215 g/mol. The Morgan fingerprint density at radius 2 is 2.13 bits per heavy atom. The molecule has 0 saturated carbocycles. The van der Waals surface area contributed by atoms with Crippen LogP contribution < -0.4 is 0 Å². The largest absolute Gasteiger partial charge is 0.479 e. The zero-order chi connectivity index (χ0) is 11.6. The first kappa shape index (κ1) is 12.5. The van der Waals surface area contributed by atoms with Crippen molar-refractivity contribution in [2.24, 2.45) is 5.92 Å². The number of hydrogen-bond donors (Lipinski definition) is 2. The van der Waals surface area contributed by atoms with Crippen molar-refractivity contribution in [3.63, 3.8) is 0 Å². The summed E-state index contributed by atoms with van der Waals surface area (Å²) in [7, 11) is 0. The number of nitrogens with zero attached hydrogens (tertiary/aromatic N) is 1. The number of hydrogen-bond acceptors (Lipinski definition) is 3. The van der Waals surface area contributed by atoms with Gasteiger partial charge in [0.05, 0.1) is 0 Å². The molecular weight excluding hydrogens is 194 g/mol. The lowest BCUT2D eigenvalue weighted by Gasteiger charge is -2.40. The van der Waals surface area contributed by atoms with Gasteiger partial charge in [0.25, 0.3) is 0 Å². The molecule has 15 heavy (non-hydrogen) atoms. The van der Waals surface area contributed by atoms with Gasteiger partial charge in [-0.15, -0.1) is 0 Å². The van der Waals surface area contributed by atoms with Crippen molar-refractivity contribution in [3.05, 3.63) is 0 Å². The van der Waals surface area contributed by atoms with Crippen molar-refractivity contribution >= 4 is 5.97 Å².